The van der Waals surface area contributed by atoms with E-state index in [0.717, 1.165) is 12.8 Å². The fourth-order valence-corrected chi connectivity index (χ4v) is 4.57. The third kappa shape index (κ3) is 2.13. The summed E-state index contributed by atoms with van der Waals surface area (Å²) >= 11 is 0. The lowest BCUT2D eigenvalue weighted by molar-refractivity contribution is -0.0585. The highest BCUT2D eigenvalue weighted by Crippen LogP contribution is 2.63. The molecule has 2 saturated carbocycles. The van der Waals surface area contributed by atoms with Crippen LogP contribution in [0.4, 0.5) is 0 Å². The lowest BCUT2D eigenvalue weighted by Crippen LogP contribution is -2.43. The van der Waals surface area contributed by atoms with Crippen molar-refractivity contribution >= 4 is 11.9 Å². The highest BCUT2D eigenvalue weighted by Gasteiger charge is 2.61. The molecule has 0 aliphatic heterocycles. The van der Waals surface area contributed by atoms with E-state index in [1.165, 1.54) is 18.6 Å². The van der Waals surface area contributed by atoms with Crippen LogP contribution in [0.3, 0.4) is 0 Å². The number of carboxylic acids is 1. The van der Waals surface area contributed by atoms with Gasteiger partial charge in [0.15, 0.2) is 0 Å². The van der Waals surface area contributed by atoms with Crippen LogP contribution in [0.5, 0.6) is 0 Å². The number of rotatable bonds is 3. The molecule has 4 nitrogen and oxygen atoms in total. The molecule has 2 fully saturated rings. The first kappa shape index (κ1) is 15.1. The smallest absolute Gasteiger partial charge is 0.339 e. The van der Waals surface area contributed by atoms with Crippen molar-refractivity contribution in [2.75, 3.05) is 0 Å². The molecule has 0 amide bonds. The molecule has 2 aliphatic rings. The summed E-state index contributed by atoms with van der Waals surface area (Å²) < 4.78 is 5.84. The van der Waals surface area contributed by atoms with Gasteiger partial charge in [-0.2, -0.15) is 0 Å². The summed E-state index contributed by atoms with van der Waals surface area (Å²) in [6.45, 7) is 6.50. The van der Waals surface area contributed by atoms with E-state index in [-0.39, 0.29) is 28.1 Å². The molecule has 22 heavy (non-hydrogen) atoms. The summed E-state index contributed by atoms with van der Waals surface area (Å²) in [4.78, 5) is 23.8. The number of fused-ring (bicyclic) bond motifs is 2. The molecule has 0 saturated heterocycles. The average Bonchev–Trinajstić information content (AvgIpc) is 2.94. The van der Waals surface area contributed by atoms with Gasteiger partial charge in [-0.15, -0.1) is 0 Å². The third-order valence-electron chi connectivity index (χ3n) is 5.74. The molecular weight excluding hydrogens is 280 g/mol. The van der Waals surface area contributed by atoms with Crippen LogP contribution in [-0.2, 0) is 4.74 Å². The minimum absolute atomic E-state index is 0.00128. The Labute approximate surface area is 130 Å². The Kier molecular flexibility index (Phi) is 3.31. The fourth-order valence-electron chi connectivity index (χ4n) is 4.57. The summed E-state index contributed by atoms with van der Waals surface area (Å²) in [5.74, 6) is -1.05. The van der Waals surface area contributed by atoms with Crippen LogP contribution in [0, 0.1) is 16.7 Å². The van der Waals surface area contributed by atoms with Crippen molar-refractivity contribution in [1.82, 2.24) is 0 Å². The molecule has 0 spiro atoms. The van der Waals surface area contributed by atoms with E-state index in [4.69, 9.17) is 4.74 Å². The second-order valence-electron chi connectivity index (χ2n) is 7.55. The van der Waals surface area contributed by atoms with Gasteiger partial charge in [-0.3, -0.25) is 0 Å². The van der Waals surface area contributed by atoms with E-state index in [1.807, 2.05) is 0 Å². The topological polar surface area (TPSA) is 63.6 Å². The maximum absolute atomic E-state index is 12.5. The largest absolute Gasteiger partial charge is 0.478 e. The summed E-state index contributed by atoms with van der Waals surface area (Å²) in [6, 6.07) is 6.24. The maximum atomic E-state index is 12.5. The molecule has 0 heterocycles. The predicted octanol–water partition coefficient (Wildman–Crippen LogP) is 3.76. The number of esters is 1. The number of carboxylic acid groups (broad SMARTS) is 1. The summed E-state index contributed by atoms with van der Waals surface area (Å²) in [6.07, 6.45) is 3.18. The molecule has 1 aromatic rings. The summed E-state index contributed by atoms with van der Waals surface area (Å²) in [7, 11) is 0. The molecule has 0 unspecified atom stereocenters. The Hall–Kier alpha value is -1.84. The standard InChI is InChI=1S/C18H22O4/c1-17(2)11-8-9-18(3,10-11)16(17)22-15(21)13-7-5-4-6-12(13)14(19)20/h4-7,11,16H,8-10H2,1-3H3,(H,19,20)/t11-,16-,18+/m0/s1. The molecule has 118 valence electrons. The van der Waals surface area contributed by atoms with Gasteiger partial charge in [-0.25, -0.2) is 9.59 Å². The fraction of sp³-hybridized carbons (Fsp3) is 0.556. The van der Waals surface area contributed by atoms with Crippen LogP contribution in [0.1, 0.15) is 60.7 Å². The first-order valence-electron chi connectivity index (χ1n) is 7.79. The van der Waals surface area contributed by atoms with Gasteiger partial charge in [0.05, 0.1) is 11.1 Å². The van der Waals surface area contributed by atoms with E-state index in [9.17, 15) is 14.7 Å². The second kappa shape index (κ2) is 4.83. The highest BCUT2D eigenvalue weighted by atomic mass is 16.5. The van der Waals surface area contributed by atoms with Crippen LogP contribution in [0.15, 0.2) is 24.3 Å². The second-order valence-corrected chi connectivity index (χ2v) is 7.55. The van der Waals surface area contributed by atoms with Crippen LogP contribution < -0.4 is 0 Å². The van der Waals surface area contributed by atoms with Crippen molar-refractivity contribution < 1.29 is 19.4 Å². The quantitative estimate of drug-likeness (QED) is 0.864. The van der Waals surface area contributed by atoms with Crippen LogP contribution in [0.25, 0.3) is 0 Å². The van der Waals surface area contributed by atoms with Gasteiger partial charge in [-0.1, -0.05) is 32.9 Å². The predicted molar refractivity (Wildman–Crippen MR) is 81.8 cm³/mol. The SMILES string of the molecule is CC1(C)[C@H]2CC[C@](C)(C2)[C@H]1OC(=O)c1ccccc1C(=O)O. The van der Waals surface area contributed by atoms with Gasteiger partial charge < -0.3 is 9.84 Å². The summed E-state index contributed by atoms with van der Waals surface area (Å²) in [5.41, 5.74) is 0.0961. The Morgan fingerprint density at radius 3 is 2.36 bits per heavy atom. The minimum Gasteiger partial charge on any atom is -0.478 e. The first-order chi connectivity index (χ1) is 10.3. The zero-order valence-electron chi connectivity index (χ0n) is 13.3. The number of ether oxygens (including phenoxy) is 1. The van der Waals surface area contributed by atoms with E-state index in [1.54, 1.807) is 12.1 Å². The molecule has 2 aliphatic carbocycles. The Morgan fingerprint density at radius 1 is 1.18 bits per heavy atom. The van der Waals surface area contributed by atoms with Crippen LogP contribution >= 0.6 is 0 Å². The Bertz CT molecular complexity index is 629. The zero-order valence-corrected chi connectivity index (χ0v) is 13.3. The number of benzene rings is 1. The zero-order chi connectivity index (χ0) is 16.1. The highest BCUT2D eigenvalue weighted by molar-refractivity contribution is 6.02. The molecule has 1 aromatic carbocycles. The number of carbonyl (C=O) groups excluding carboxylic acids is 1. The van der Waals surface area contributed by atoms with Crippen LogP contribution in [0.2, 0.25) is 0 Å². The van der Waals surface area contributed by atoms with Crippen molar-refractivity contribution in [3.63, 3.8) is 0 Å². The van der Waals surface area contributed by atoms with Gasteiger partial charge in [0.25, 0.3) is 0 Å². The molecule has 0 aromatic heterocycles. The molecule has 3 rings (SSSR count). The molecule has 1 N–H and O–H groups in total. The van der Waals surface area contributed by atoms with Gasteiger partial charge in [0.1, 0.15) is 6.10 Å². The van der Waals surface area contributed by atoms with E-state index in [2.05, 4.69) is 20.8 Å². The van der Waals surface area contributed by atoms with Crippen molar-refractivity contribution in [2.45, 2.75) is 46.1 Å². The first-order valence-corrected chi connectivity index (χ1v) is 7.79. The van der Waals surface area contributed by atoms with E-state index in [0.29, 0.717) is 5.92 Å². The van der Waals surface area contributed by atoms with Crippen molar-refractivity contribution in [1.29, 1.82) is 0 Å². The average molecular weight is 302 g/mol. The van der Waals surface area contributed by atoms with Gasteiger partial charge in [-0.05, 0) is 37.3 Å². The van der Waals surface area contributed by atoms with Gasteiger partial charge in [0, 0.05) is 10.8 Å². The lowest BCUT2D eigenvalue weighted by atomic mass is 9.70. The van der Waals surface area contributed by atoms with Crippen molar-refractivity contribution in [2.24, 2.45) is 16.7 Å². The molecule has 3 atom stereocenters. The Balaban J connectivity index is 1.88. The minimum atomic E-state index is -1.11. The number of carbonyl (C=O) groups is 2. The lowest BCUT2D eigenvalue weighted by Gasteiger charge is -2.41. The van der Waals surface area contributed by atoms with Gasteiger partial charge >= 0.3 is 11.9 Å². The van der Waals surface area contributed by atoms with Crippen molar-refractivity contribution in [3.05, 3.63) is 35.4 Å². The summed E-state index contributed by atoms with van der Waals surface area (Å²) in [5, 5.41) is 9.23. The van der Waals surface area contributed by atoms with E-state index >= 15 is 0 Å². The van der Waals surface area contributed by atoms with Crippen molar-refractivity contribution in [3.8, 4) is 0 Å². The normalized spacial score (nSPS) is 32.0. The third-order valence-corrected chi connectivity index (χ3v) is 5.74. The Morgan fingerprint density at radius 2 is 1.82 bits per heavy atom. The van der Waals surface area contributed by atoms with Gasteiger partial charge in [0.2, 0.25) is 0 Å². The maximum Gasteiger partial charge on any atom is 0.339 e. The number of hydrogen-bond donors (Lipinski definition) is 1. The van der Waals surface area contributed by atoms with E-state index < -0.39 is 11.9 Å². The monoisotopic (exact) mass is 302 g/mol. The molecule has 4 heteroatoms. The number of aromatic carboxylic acids is 1. The molecule has 0 radical (unpaired) electrons. The molecule has 2 bridgehead atoms. The number of hydrogen-bond acceptors (Lipinski definition) is 3. The van der Waals surface area contributed by atoms with Crippen LogP contribution in [-0.4, -0.2) is 23.1 Å². The molecular formula is C18H22O4.